The van der Waals surface area contributed by atoms with Gasteiger partial charge in [-0.3, -0.25) is 19.2 Å². The molecule has 1 spiro atoms. The van der Waals surface area contributed by atoms with Gasteiger partial charge in [0.05, 0.1) is 0 Å². The molecule has 3 aromatic rings. The third kappa shape index (κ3) is 4.16. The van der Waals surface area contributed by atoms with Gasteiger partial charge in [-0.1, -0.05) is 42.0 Å². The molecule has 1 fully saturated rings. The van der Waals surface area contributed by atoms with E-state index >= 15 is 0 Å². The highest BCUT2D eigenvalue weighted by molar-refractivity contribution is 6.25. The fourth-order valence-corrected chi connectivity index (χ4v) is 5.97. The van der Waals surface area contributed by atoms with E-state index in [0.29, 0.717) is 48.4 Å². The van der Waals surface area contributed by atoms with Crippen molar-refractivity contribution >= 4 is 40.7 Å². The minimum atomic E-state index is -1.33. The van der Waals surface area contributed by atoms with Gasteiger partial charge in [0.2, 0.25) is 17.7 Å². The minimum absolute atomic E-state index is 0.00715. The zero-order valence-corrected chi connectivity index (χ0v) is 22.0. The molecule has 4 amide bonds. The fourth-order valence-electron chi connectivity index (χ4n) is 5.97. The molecular formula is C31H30N4O4. The van der Waals surface area contributed by atoms with Crippen molar-refractivity contribution in [1.29, 1.82) is 0 Å². The van der Waals surface area contributed by atoms with Crippen LogP contribution in [-0.4, -0.2) is 41.6 Å². The van der Waals surface area contributed by atoms with Crippen molar-refractivity contribution in [2.75, 3.05) is 29.0 Å². The molecule has 8 heteroatoms. The maximum Gasteiger partial charge on any atom is 0.254 e. The van der Waals surface area contributed by atoms with E-state index < -0.39 is 5.41 Å². The predicted octanol–water partition coefficient (Wildman–Crippen LogP) is 4.18. The summed E-state index contributed by atoms with van der Waals surface area (Å²) in [5.41, 5.74) is 4.69. The highest BCUT2D eigenvalue weighted by atomic mass is 16.2. The SMILES string of the molecule is Cc1ccc(C)c(C(=O)N2CCC(C(=O)Nc3ccc4c(c3)NC(=O)C43Cc4ccccc4NC3=O)CC2)c1. The number of nitrogens with zero attached hydrogens (tertiary/aromatic N) is 1. The monoisotopic (exact) mass is 522 g/mol. The van der Waals surface area contributed by atoms with Gasteiger partial charge >= 0.3 is 0 Å². The molecule has 1 saturated heterocycles. The Balaban J connectivity index is 1.13. The number of rotatable bonds is 3. The summed E-state index contributed by atoms with van der Waals surface area (Å²) in [6, 6.07) is 18.6. The van der Waals surface area contributed by atoms with Gasteiger partial charge in [0.25, 0.3) is 5.91 Å². The number of anilines is 3. The first-order chi connectivity index (χ1) is 18.8. The molecular weight excluding hydrogens is 492 g/mol. The van der Waals surface area contributed by atoms with Crippen LogP contribution in [0, 0.1) is 19.8 Å². The highest BCUT2D eigenvalue weighted by Crippen LogP contribution is 2.45. The number of carbonyl (C=O) groups is 4. The number of para-hydroxylation sites is 1. The van der Waals surface area contributed by atoms with Crippen LogP contribution in [0.4, 0.5) is 17.1 Å². The average Bonchev–Trinajstić information content (AvgIpc) is 3.21. The van der Waals surface area contributed by atoms with Crippen LogP contribution in [0.15, 0.2) is 60.7 Å². The number of fused-ring (bicyclic) bond motifs is 3. The quantitative estimate of drug-likeness (QED) is 0.449. The third-order valence-corrected chi connectivity index (χ3v) is 8.27. The molecule has 3 heterocycles. The van der Waals surface area contributed by atoms with E-state index in [9.17, 15) is 19.2 Å². The Kier molecular flexibility index (Phi) is 5.98. The van der Waals surface area contributed by atoms with Crippen molar-refractivity contribution < 1.29 is 19.2 Å². The van der Waals surface area contributed by atoms with Crippen LogP contribution in [0.25, 0.3) is 0 Å². The van der Waals surface area contributed by atoms with Crippen molar-refractivity contribution in [3.63, 3.8) is 0 Å². The molecule has 3 N–H and O–H groups in total. The lowest BCUT2D eigenvalue weighted by Crippen LogP contribution is -2.50. The van der Waals surface area contributed by atoms with Crippen molar-refractivity contribution in [1.82, 2.24) is 4.90 Å². The van der Waals surface area contributed by atoms with Gasteiger partial charge < -0.3 is 20.9 Å². The number of piperidine rings is 1. The summed E-state index contributed by atoms with van der Waals surface area (Å²) in [6.45, 7) is 4.94. The zero-order chi connectivity index (χ0) is 27.3. The Morgan fingerprint density at radius 2 is 1.62 bits per heavy atom. The van der Waals surface area contributed by atoms with Crippen LogP contribution in [0.3, 0.4) is 0 Å². The largest absolute Gasteiger partial charge is 0.339 e. The fraction of sp³-hybridized carbons (Fsp3) is 0.290. The Morgan fingerprint density at radius 1 is 0.897 bits per heavy atom. The molecule has 0 radical (unpaired) electrons. The summed E-state index contributed by atoms with van der Waals surface area (Å²) >= 11 is 0. The van der Waals surface area contributed by atoms with Gasteiger partial charge in [-0.25, -0.2) is 0 Å². The smallest absolute Gasteiger partial charge is 0.254 e. The number of benzene rings is 3. The Bertz CT molecular complexity index is 1540. The van der Waals surface area contributed by atoms with Gasteiger partial charge in [-0.2, -0.15) is 0 Å². The summed E-state index contributed by atoms with van der Waals surface area (Å²) in [7, 11) is 0. The second-order valence-electron chi connectivity index (χ2n) is 10.8. The lowest BCUT2D eigenvalue weighted by molar-refractivity contribution is -0.131. The van der Waals surface area contributed by atoms with Gasteiger partial charge in [0, 0.05) is 53.6 Å². The van der Waals surface area contributed by atoms with E-state index in [-0.39, 0.29) is 36.0 Å². The molecule has 6 rings (SSSR count). The Hall–Kier alpha value is -4.46. The molecule has 1 unspecified atom stereocenters. The van der Waals surface area contributed by atoms with Gasteiger partial charge in [0.15, 0.2) is 5.41 Å². The minimum Gasteiger partial charge on any atom is -0.339 e. The molecule has 3 aliphatic rings. The third-order valence-electron chi connectivity index (χ3n) is 8.27. The number of hydrogen-bond acceptors (Lipinski definition) is 4. The predicted molar refractivity (Wildman–Crippen MR) is 149 cm³/mol. The Labute approximate surface area is 226 Å². The van der Waals surface area contributed by atoms with E-state index in [0.717, 1.165) is 22.4 Å². The molecule has 0 aromatic heterocycles. The molecule has 0 aliphatic carbocycles. The normalized spacial score (nSPS) is 20.2. The van der Waals surface area contributed by atoms with Gasteiger partial charge in [-0.05, 0) is 62.1 Å². The molecule has 0 saturated carbocycles. The van der Waals surface area contributed by atoms with Crippen molar-refractivity contribution in [2.24, 2.45) is 5.92 Å². The maximum atomic E-state index is 13.2. The summed E-state index contributed by atoms with van der Waals surface area (Å²) in [4.78, 5) is 54.3. The summed E-state index contributed by atoms with van der Waals surface area (Å²) in [5.74, 6) is -1.04. The lowest BCUT2D eigenvalue weighted by atomic mass is 9.73. The first-order valence-electron chi connectivity index (χ1n) is 13.3. The second kappa shape index (κ2) is 9.38. The molecule has 8 nitrogen and oxygen atoms in total. The number of amides is 4. The van der Waals surface area contributed by atoms with E-state index in [4.69, 9.17) is 0 Å². The first kappa shape index (κ1) is 24.9. The summed E-state index contributed by atoms with van der Waals surface area (Å²) in [5, 5.41) is 8.72. The van der Waals surface area contributed by atoms with E-state index in [1.807, 2.05) is 61.2 Å². The van der Waals surface area contributed by atoms with Crippen molar-refractivity contribution in [3.8, 4) is 0 Å². The topological polar surface area (TPSA) is 108 Å². The Morgan fingerprint density at radius 3 is 2.38 bits per heavy atom. The van der Waals surface area contributed by atoms with Crippen LogP contribution < -0.4 is 16.0 Å². The van der Waals surface area contributed by atoms with Crippen molar-refractivity contribution in [2.45, 2.75) is 38.5 Å². The number of nitrogens with one attached hydrogen (secondary N) is 3. The number of likely N-dealkylation sites (tertiary alicyclic amines) is 1. The lowest BCUT2D eigenvalue weighted by Gasteiger charge is -2.32. The number of carbonyl (C=O) groups excluding carboxylic acids is 4. The summed E-state index contributed by atoms with van der Waals surface area (Å²) in [6.07, 6.45) is 1.43. The van der Waals surface area contributed by atoms with Crippen molar-refractivity contribution in [3.05, 3.63) is 88.5 Å². The molecule has 0 bridgehead atoms. The number of hydrogen-bond donors (Lipinski definition) is 3. The molecule has 3 aliphatic heterocycles. The van der Waals surface area contributed by atoms with Crippen LogP contribution in [0.2, 0.25) is 0 Å². The van der Waals surface area contributed by atoms with Gasteiger partial charge in [0.1, 0.15) is 0 Å². The van der Waals surface area contributed by atoms with E-state index in [2.05, 4.69) is 16.0 Å². The molecule has 1 atom stereocenters. The second-order valence-corrected chi connectivity index (χ2v) is 10.8. The van der Waals surface area contributed by atoms with Crippen LogP contribution in [0.5, 0.6) is 0 Å². The highest BCUT2D eigenvalue weighted by Gasteiger charge is 2.55. The first-order valence-corrected chi connectivity index (χ1v) is 13.3. The molecule has 39 heavy (non-hydrogen) atoms. The average molecular weight is 523 g/mol. The molecule has 198 valence electrons. The van der Waals surface area contributed by atoms with E-state index in [1.165, 1.54) is 0 Å². The van der Waals surface area contributed by atoms with Crippen LogP contribution in [-0.2, 0) is 26.2 Å². The van der Waals surface area contributed by atoms with Crippen LogP contribution >= 0.6 is 0 Å². The molecule has 3 aromatic carbocycles. The standard InChI is InChI=1S/C31H30N4O4/c1-18-7-8-19(2)23(15-18)28(37)35-13-11-20(12-14-35)27(36)32-22-9-10-24-26(16-22)34-30(39)31(24)17-21-5-3-4-6-25(21)33-29(31)38/h3-10,15-16,20H,11-14,17H2,1-2H3,(H,32,36)(H,33,38)(H,34,39). The number of aryl methyl sites for hydroxylation is 2. The maximum absolute atomic E-state index is 13.2. The summed E-state index contributed by atoms with van der Waals surface area (Å²) < 4.78 is 0. The zero-order valence-electron chi connectivity index (χ0n) is 22.0. The van der Waals surface area contributed by atoms with Crippen LogP contribution in [0.1, 0.15) is 45.5 Å². The van der Waals surface area contributed by atoms with Gasteiger partial charge in [-0.15, -0.1) is 0 Å². The van der Waals surface area contributed by atoms with E-state index in [1.54, 1.807) is 18.2 Å².